The van der Waals surface area contributed by atoms with E-state index in [-0.39, 0.29) is 18.1 Å². The number of carbonyl (C=O) groups is 1. The normalized spacial score (nSPS) is 18.3. The topological polar surface area (TPSA) is 74.9 Å². The molecular weight excluding hydrogens is 296 g/mol. The summed E-state index contributed by atoms with van der Waals surface area (Å²) in [5.74, 6) is 0.577. The molecule has 0 aromatic carbocycles. The molecule has 0 bridgehead atoms. The number of aliphatic hydroxyl groups excluding tert-OH is 1. The molecule has 1 atom stereocenters. The first kappa shape index (κ1) is 18.0. The third kappa shape index (κ3) is 5.64. The standard InChI is InChI=1S/C17H28N2O4/c1-12(2)23-11-15(20)10-19-7-4-14(5-8-19)18-17(21)16-6-9-22-13(16)3/h6,9,12,14-15,20H,4-5,7-8,10-11H2,1-3H3,(H,18,21). The summed E-state index contributed by atoms with van der Waals surface area (Å²) in [4.78, 5) is 14.4. The summed E-state index contributed by atoms with van der Waals surface area (Å²) in [6, 6.07) is 1.88. The fraction of sp³-hybridized carbons (Fsp3) is 0.706. The first-order valence-electron chi connectivity index (χ1n) is 8.32. The zero-order chi connectivity index (χ0) is 16.8. The lowest BCUT2D eigenvalue weighted by Gasteiger charge is -2.33. The molecule has 6 nitrogen and oxygen atoms in total. The summed E-state index contributed by atoms with van der Waals surface area (Å²) >= 11 is 0. The molecule has 2 N–H and O–H groups in total. The van der Waals surface area contributed by atoms with Gasteiger partial charge in [0, 0.05) is 25.7 Å². The first-order valence-corrected chi connectivity index (χ1v) is 8.32. The van der Waals surface area contributed by atoms with Crippen molar-refractivity contribution in [2.75, 3.05) is 26.2 Å². The van der Waals surface area contributed by atoms with Crippen molar-refractivity contribution < 1.29 is 19.1 Å². The van der Waals surface area contributed by atoms with Gasteiger partial charge in [-0.05, 0) is 39.7 Å². The van der Waals surface area contributed by atoms with Crippen LogP contribution in [-0.2, 0) is 4.74 Å². The van der Waals surface area contributed by atoms with Gasteiger partial charge in [-0.25, -0.2) is 0 Å². The smallest absolute Gasteiger partial charge is 0.255 e. The van der Waals surface area contributed by atoms with E-state index < -0.39 is 6.10 Å². The van der Waals surface area contributed by atoms with Crippen LogP contribution in [0.3, 0.4) is 0 Å². The number of amides is 1. The minimum atomic E-state index is -0.461. The SMILES string of the molecule is Cc1occc1C(=O)NC1CCN(CC(O)COC(C)C)CC1. The van der Waals surface area contributed by atoms with E-state index in [1.54, 1.807) is 13.0 Å². The highest BCUT2D eigenvalue weighted by atomic mass is 16.5. The molecule has 1 aliphatic heterocycles. The van der Waals surface area contributed by atoms with Crippen LogP contribution < -0.4 is 5.32 Å². The Labute approximate surface area is 137 Å². The number of piperidine rings is 1. The van der Waals surface area contributed by atoms with E-state index in [1.807, 2.05) is 13.8 Å². The Balaban J connectivity index is 1.69. The fourth-order valence-electron chi connectivity index (χ4n) is 2.80. The quantitative estimate of drug-likeness (QED) is 0.796. The molecule has 1 aromatic heterocycles. The predicted octanol–water partition coefficient (Wildman–Crippen LogP) is 1.57. The molecule has 0 saturated carbocycles. The Morgan fingerprint density at radius 3 is 2.74 bits per heavy atom. The molecule has 6 heteroatoms. The van der Waals surface area contributed by atoms with Crippen molar-refractivity contribution in [1.29, 1.82) is 0 Å². The van der Waals surface area contributed by atoms with Gasteiger partial charge < -0.3 is 24.5 Å². The van der Waals surface area contributed by atoms with Crippen molar-refractivity contribution >= 4 is 5.91 Å². The number of ether oxygens (including phenoxy) is 1. The Bertz CT molecular complexity index is 493. The molecule has 1 amide bonds. The van der Waals surface area contributed by atoms with Crippen molar-refractivity contribution in [3.8, 4) is 0 Å². The van der Waals surface area contributed by atoms with Crippen LogP contribution >= 0.6 is 0 Å². The van der Waals surface area contributed by atoms with Crippen LogP contribution in [0.2, 0.25) is 0 Å². The van der Waals surface area contributed by atoms with Crippen molar-refractivity contribution in [3.63, 3.8) is 0 Å². The van der Waals surface area contributed by atoms with E-state index in [1.165, 1.54) is 6.26 Å². The zero-order valence-electron chi connectivity index (χ0n) is 14.2. The summed E-state index contributed by atoms with van der Waals surface area (Å²) in [6.45, 7) is 8.44. The second-order valence-electron chi connectivity index (χ2n) is 6.47. The number of hydrogen-bond donors (Lipinski definition) is 2. The van der Waals surface area contributed by atoms with Crippen LogP contribution in [0.4, 0.5) is 0 Å². The van der Waals surface area contributed by atoms with Crippen molar-refractivity contribution in [2.24, 2.45) is 0 Å². The average Bonchev–Trinajstić information content (AvgIpc) is 2.93. The van der Waals surface area contributed by atoms with Gasteiger partial charge in [0.25, 0.3) is 5.91 Å². The molecule has 0 radical (unpaired) electrons. The summed E-state index contributed by atoms with van der Waals surface area (Å²) < 4.78 is 10.6. The van der Waals surface area contributed by atoms with Gasteiger partial charge in [0.2, 0.25) is 0 Å². The van der Waals surface area contributed by atoms with E-state index >= 15 is 0 Å². The highest BCUT2D eigenvalue weighted by molar-refractivity contribution is 5.95. The summed E-state index contributed by atoms with van der Waals surface area (Å²) in [7, 11) is 0. The van der Waals surface area contributed by atoms with Gasteiger partial charge in [-0.2, -0.15) is 0 Å². The van der Waals surface area contributed by atoms with Gasteiger partial charge >= 0.3 is 0 Å². The lowest BCUT2D eigenvalue weighted by Crippen LogP contribution is -2.47. The van der Waals surface area contributed by atoms with Crippen LogP contribution in [-0.4, -0.2) is 60.4 Å². The van der Waals surface area contributed by atoms with E-state index in [4.69, 9.17) is 9.15 Å². The number of β-amino-alcohol motifs (C(OH)–C–C–N with tert-alkyl or cyclic N) is 1. The monoisotopic (exact) mass is 324 g/mol. The first-order chi connectivity index (χ1) is 11.0. The van der Waals surface area contributed by atoms with Crippen molar-refractivity contribution in [2.45, 2.75) is 51.9 Å². The fourth-order valence-corrected chi connectivity index (χ4v) is 2.80. The predicted molar refractivity (Wildman–Crippen MR) is 87.5 cm³/mol. The number of rotatable bonds is 7. The van der Waals surface area contributed by atoms with Crippen LogP contribution in [0, 0.1) is 6.92 Å². The minimum Gasteiger partial charge on any atom is -0.469 e. The van der Waals surface area contributed by atoms with Gasteiger partial charge in [-0.3, -0.25) is 4.79 Å². The number of nitrogens with one attached hydrogen (secondary N) is 1. The van der Waals surface area contributed by atoms with Gasteiger partial charge in [-0.1, -0.05) is 0 Å². The average molecular weight is 324 g/mol. The van der Waals surface area contributed by atoms with E-state index in [9.17, 15) is 9.90 Å². The van der Waals surface area contributed by atoms with Crippen LogP contribution in [0.5, 0.6) is 0 Å². The number of carbonyl (C=O) groups excluding carboxylic acids is 1. The maximum absolute atomic E-state index is 12.2. The van der Waals surface area contributed by atoms with Crippen LogP contribution in [0.1, 0.15) is 42.8 Å². The van der Waals surface area contributed by atoms with Crippen molar-refractivity contribution in [3.05, 3.63) is 23.7 Å². The highest BCUT2D eigenvalue weighted by Gasteiger charge is 2.23. The van der Waals surface area contributed by atoms with Gasteiger partial charge in [-0.15, -0.1) is 0 Å². The van der Waals surface area contributed by atoms with E-state index in [2.05, 4.69) is 10.2 Å². The van der Waals surface area contributed by atoms with Crippen molar-refractivity contribution in [1.82, 2.24) is 10.2 Å². The Morgan fingerprint density at radius 1 is 1.48 bits per heavy atom. The van der Waals surface area contributed by atoms with Crippen LogP contribution in [0.25, 0.3) is 0 Å². The Hall–Kier alpha value is -1.37. The molecule has 1 unspecified atom stereocenters. The second kappa shape index (κ2) is 8.47. The molecule has 0 aliphatic carbocycles. The number of likely N-dealkylation sites (tertiary alicyclic amines) is 1. The Kier molecular flexibility index (Phi) is 6.62. The zero-order valence-corrected chi connectivity index (χ0v) is 14.2. The van der Waals surface area contributed by atoms with E-state index in [0.717, 1.165) is 25.9 Å². The Morgan fingerprint density at radius 2 is 2.17 bits per heavy atom. The minimum absolute atomic E-state index is 0.0694. The third-order valence-corrected chi connectivity index (χ3v) is 4.12. The molecule has 1 aliphatic rings. The molecule has 23 heavy (non-hydrogen) atoms. The molecule has 130 valence electrons. The molecule has 1 fully saturated rings. The molecular formula is C17H28N2O4. The van der Waals surface area contributed by atoms with Crippen LogP contribution in [0.15, 0.2) is 16.7 Å². The summed E-state index contributed by atoms with van der Waals surface area (Å²) in [5.41, 5.74) is 0.605. The number of furan rings is 1. The second-order valence-corrected chi connectivity index (χ2v) is 6.47. The maximum Gasteiger partial charge on any atom is 0.255 e. The van der Waals surface area contributed by atoms with Gasteiger partial charge in [0.05, 0.1) is 30.6 Å². The number of aliphatic hydroxyl groups is 1. The molecule has 0 spiro atoms. The lowest BCUT2D eigenvalue weighted by atomic mass is 10.0. The molecule has 1 saturated heterocycles. The number of hydrogen-bond acceptors (Lipinski definition) is 5. The summed E-state index contributed by atoms with van der Waals surface area (Å²) in [6.07, 6.45) is 2.99. The number of aryl methyl sites for hydroxylation is 1. The van der Waals surface area contributed by atoms with Gasteiger partial charge in [0.1, 0.15) is 5.76 Å². The summed E-state index contributed by atoms with van der Waals surface area (Å²) in [5, 5.41) is 13.0. The molecule has 1 aromatic rings. The molecule has 2 rings (SSSR count). The largest absolute Gasteiger partial charge is 0.469 e. The lowest BCUT2D eigenvalue weighted by molar-refractivity contribution is -0.0114. The highest BCUT2D eigenvalue weighted by Crippen LogP contribution is 2.14. The van der Waals surface area contributed by atoms with Gasteiger partial charge in [0.15, 0.2) is 0 Å². The van der Waals surface area contributed by atoms with E-state index in [0.29, 0.717) is 24.5 Å². The molecule has 2 heterocycles. The maximum atomic E-state index is 12.2. The third-order valence-electron chi connectivity index (χ3n) is 4.12. The number of nitrogens with zero attached hydrogens (tertiary/aromatic N) is 1.